The predicted molar refractivity (Wildman–Crippen MR) is 72.8 cm³/mol. The molecular weight excluding hydrogens is 286 g/mol. The van der Waals surface area contributed by atoms with Gasteiger partial charge in [-0.15, -0.1) is 0 Å². The van der Waals surface area contributed by atoms with Gasteiger partial charge in [0.1, 0.15) is 0 Å². The van der Waals surface area contributed by atoms with E-state index in [1.807, 2.05) is 0 Å². The lowest BCUT2D eigenvalue weighted by Gasteiger charge is -2.30. The van der Waals surface area contributed by atoms with Crippen molar-refractivity contribution in [2.24, 2.45) is 5.92 Å². The lowest BCUT2D eigenvalue weighted by molar-refractivity contribution is -0.143. The van der Waals surface area contributed by atoms with Gasteiger partial charge in [0.25, 0.3) is 0 Å². The van der Waals surface area contributed by atoms with Crippen LogP contribution < -0.4 is 5.32 Å². The first-order valence-electron chi connectivity index (χ1n) is 6.40. The molecule has 0 aromatic rings. The van der Waals surface area contributed by atoms with Gasteiger partial charge in [0, 0.05) is 33.7 Å². The highest BCUT2D eigenvalue weighted by atomic mass is 32.2. The van der Waals surface area contributed by atoms with Crippen LogP contribution in [0.2, 0.25) is 0 Å². The molecule has 116 valence electrons. The average Bonchev–Trinajstić information content (AvgIpc) is 2.38. The van der Waals surface area contributed by atoms with Crippen molar-refractivity contribution in [1.82, 2.24) is 14.5 Å². The Balaban J connectivity index is 2.33. The number of carboxylic acid groups (broad SMARTS) is 1. The number of hydrogen-bond acceptors (Lipinski definition) is 4. The Kier molecular flexibility index (Phi) is 5.75. The molecule has 1 aliphatic heterocycles. The topological polar surface area (TPSA) is 107 Å². The van der Waals surface area contributed by atoms with E-state index < -0.39 is 21.9 Å². The van der Waals surface area contributed by atoms with Gasteiger partial charge in [-0.3, -0.25) is 4.79 Å². The highest BCUT2D eigenvalue weighted by Crippen LogP contribution is 2.17. The van der Waals surface area contributed by atoms with Crippen molar-refractivity contribution >= 4 is 22.0 Å². The van der Waals surface area contributed by atoms with Crippen molar-refractivity contribution in [2.75, 3.05) is 39.5 Å². The van der Waals surface area contributed by atoms with Crippen molar-refractivity contribution in [2.45, 2.75) is 12.8 Å². The molecule has 8 nitrogen and oxygen atoms in total. The van der Waals surface area contributed by atoms with Crippen LogP contribution >= 0.6 is 0 Å². The Hall–Kier alpha value is -1.35. The van der Waals surface area contributed by atoms with Crippen LogP contribution in [0, 0.1) is 5.92 Å². The summed E-state index contributed by atoms with van der Waals surface area (Å²) in [6, 6.07) is -0.345. The zero-order valence-electron chi connectivity index (χ0n) is 11.7. The van der Waals surface area contributed by atoms with E-state index in [9.17, 15) is 18.0 Å². The molecule has 1 rings (SSSR count). The van der Waals surface area contributed by atoms with E-state index in [-0.39, 0.29) is 18.3 Å². The molecule has 1 fully saturated rings. The summed E-state index contributed by atoms with van der Waals surface area (Å²) < 4.78 is 24.1. The van der Waals surface area contributed by atoms with Crippen molar-refractivity contribution in [1.29, 1.82) is 0 Å². The molecular formula is C11H21N3O5S. The molecule has 9 heteroatoms. The predicted octanol–water partition coefficient (Wildman–Crippen LogP) is -0.616. The first-order chi connectivity index (χ1) is 9.24. The second kappa shape index (κ2) is 6.89. The molecule has 0 atom stereocenters. The Morgan fingerprint density at radius 3 is 2.30 bits per heavy atom. The number of nitrogens with one attached hydrogen (secondary N) is 1. The minimum atomic E-state index is -3.32. The fourth-order valence-electron chi connectivity index (χ4n) is 1.91. The van der Waals surface area contributed by atoms with Gasteiger partial charge >= 0.3 is 12.0 Å². The van der Waals surface area contributed by atoms with Gasteiger partial charge < -0.3 is 15.3 Å². The van der Waals surface area contributed by atoms with Crippen LogP contribution in [0.1, 0.15) is 12.8 Å². The monoisotopic (exact) mass is 307 g/mol. The van der Waals surface area contributed by atoms with Gasteiger partial charge in [-0.1, -0.05) is 0 Å². The van der Waals surface area contributed by atoms with Crippen LogP contribution in [-0.2, 0) is 14.8 Å². The largest absolute Gasteiger partial charge is 0.481 e. The number of aliphatic carboxylic acids is 1. The fraction of sp³-hybridized carbons (Fsp3) is 0.818. The Labute approximate surface area is 118 Å². The molecule has 2 amide bonds. The maximum atomic E-state index is 11.8. The standard InChI is InChI=1S/C11H21N3O5S/c1-13(2)20(18,19)8-5-12-11(17)14-6-3-9(4-7-14)10(15)16/h9H,3-8H2,1-2H3,(H,12,17)(H,15,16). The molecule has 0 unspecified atom stereocenters. The maximum absolute atomic E-state index is 11.8. The summed E-state index contributed by atoms with van der Waals surface area (Å²) in [4.78, 5) is 24.1. The van der Waals surface area contributed by atoms with Crippen molar-refractivity contribution in [3.05, 3.63) is 0 Å². The number of piperidine rings is 1. The van der Waals surface area contributed by atoms with Crippen LogP contribution in [0.4, 0.5) is 4.79 Å². The lowest BCUT2D eigenvalue weighted by atomic mass is 9.97. The molecule has 0 radical (unpaired) electrons. The third-order valence-electron chi connectivity index (χ3n) is 3.32. The lowest BCUT2D eigenvalue weighted by Crippen LogP contribution is -2.46. The van der Waals surface area contributed by atoms with E-state index in [1.54, 1.807) is 0 Å². The van der Waals surface area contributed by atoms with Crippen LogP contribution in [0.25, 0.3) is 0 Å². The Morgan fingerprint density at radius 2 is 1.85 bits per heavy atom. The summed E-state index contributed by atoms with van der Waals surface area (Å²) in [5.74, 6) is -1.38. The van der Waals surface area contributed by atoms with E-state index in [2.05, 4.69) is 5.32 Å². The number of likely N-dealkylation sites (tertiary alicyclic amines) is 1. The highest BCUT2D eigenvalue weighted by molar-refractivity contribution is 7.89. The van der Waals surface area contributed by atoms with E-state index in [0.29, 0.717) is 25.9 Å². The molecule has 0 aliphatic carbocycles. The minimum absolute atomic E-state index is 0.0399. The SMILES string of the molecule is CN(C)S(=O)(=O)CCNC(=O)N1CCC(C(=O)O)CC1. The van der Waals surface area contributed by atoms with Gasteiger partial charge in [0.15, 0.2) is 0 Å². The number of carbonyl (C=O) groups is 2. The minimum Gasteiger partial charge on any atom is -0.481 e. The van der Waals surface area contributed by atoms with Crippen molar-refractivity contribution < 1.29 is 23.1 Å². The second-order valence-corrected chi connectivity index (χ2v) is 7.23. The fourth-order valence-corrected chi connectivity index (χ4v) is 2.64. The smallest absolute Gasteiger partial charge is 0.317 e. The zero-order valence-corrected chi connectivity index (χ0v) is 12.5. The average molecular weight is 307 g/mol. The van der Waals surface area contributed by atoms with E-state index in [0.717, 1.165) is 4.31 Å². The summed E-state index contributed by atoms with van der Waals surface area (Å²) in [5, 5.41) is 11.4. The summed E-state index contributed by atoms with van der Waals surface area (Å²) in [7, 11) is -0.446. The van der Waals surface area contributed by atoms with Crippen LogP contribution in [-0.4, -0.2) is 74.2 Å². The zero-order chi connectivity index (χ0) is 15.3. The van der Waals surface area contributed by atoms with E-state index in [4.69, 9.17) is 5.11 Å². The number of carboxylic acids is 1. The molecule has 20 heavy (non-hydrogen) atoms. The third kappa shape index (κ3) is 4.64. The summed E-state index contributed by atoms with van der Waals surface area (Å²) >= 11 is 0. The number of sulfonamides is 1. The highest BCUT2D eigenvalue weighted by Gasteiger charge is 2.27. The van der Waals surface area contributed by atoms with Crippen LogP contribution in [0.15, 0.2) is 0 Å². The number of hydrogen-bond donors (Lipinski definition) is 2. The summed E-state index contributed by atoms with van der Waals surface area (Å²) in [6.45, 7) is 0.796. The molecule has 0 bridgehead atoms. The van der Waals surface area contributed by atoms with Gasteiger partial charge in [0.2, 0.25) is 10.0 Å². The van der Waals surface area contributed by atoms with Gasteiger partial charge in [-0.25, -0.2) is 17.5 Å². The van der Waals surface area contributed by atoms with Crippen molar-refractivity contribution in [3.8, 4) is 0 Å². The molecule has 2 N–H and O–H groups in total. The first kappa shape index (κ1) is 16.7. The molecule has 1 heterocycles. The number of carbonyl (C=O) groups excluding carboxylic acids is 1. The Bertz CT molecular complexity index is 455. The third-order valence-corrected chi connectivity index (χ3v) is 5.16. The second-order valence-electron chi connectivity index (χ2n) is 4.93. The molecule has 0 spiro atoms. The van der Waals surface area contributed by atoms with E-state index >= 15 is 0 Å². The van der Waals surface area contributed by atoms with Gasteiger partial charge in [-0.05, 0) is 12.8 Å². The van der Waals surface area contributed by atoms with E-state index in [1.165, 1.54) is 19.0 Å². The molecule has 1 saturated heterocycles. The maximum Gasteiger partial charge on any atom is 0.317 e. The molecule has 0 aromatic carbocycles. The Morgan fingerprint density at radius 1 is 1.30 bits per heavy atom. The number of rotatable bonds is 5. The van der Waals surface area contributed by atoms with Crippen LogP contribution in [0.5, 0.6) is 0 Å². The summed E-state index contributed by atoms with van der Waals surface area (Å²) in [6.07, 6.45) is 0.859. The quantitative estimate of drug-likeness (QED) is 0.704. The first-order valence-corrected chi connectivity index (χ1v) is 8.00. The van der Waals surface area contributed by atoms with Gasteiger partial charge in [0.05, 0.1) is 11.7 Å². The normalized spacial score (nSPS) is 17.2. The van der Waals surface area contributed by atoms with Crippen LogP contribution in [0.3, 0.4) is 0 Å². The van der Waals surface area contributed by atoms with Gasteiger partial charge in [-0.2, -0.15) is 0 Å². The number of nitrogens with zero attached hydrogens (tertiary/aromatic N) is 2. The number of urea groups is 1. The molecule has 1 aliphatic rings. The molecule has 0 saturated carbocycles. The number of amides is 2. The molecule has 0 aromatic heterocycles. The summed E-state index contributed by atoms with van der Waals surface area (Å²) in [5.41, 5.74) is 0. The van der Waals surface area contributed by atoms with Crippen molar-refractivity contribution in [3.63, 3.8) is 0 Å².